The lowest BCUT2D eigenvalue weighted by atomic mass is 9.97. The van der Waals surface area contributed by atoms with Crippen molar-refractivity contribution in [1.29, 1.82) is 0 Å². The van der Waals surface area contributed by atoms with Gasteiger partial charge in [0.15, 0.2) is 0 Å². The molecule has 1 rings (SSSR count). The third kappa shape index (κ3) is 5.54. The van der Waals surface area contributed by atoms with Crippen LogP contribution in [0.3, 0.4) is 0 Å². The van der Waals surface area contributed by atoms with Crippen LogP contribution in [-0.4, -0.2) is 17.6 Å². The van der Waals surface area contributed by atoms with E-state index in [-0.39, 0.29) is 0 Å². The first-order valence-corrected chi connectivity index (χ1v) is 7.49. The molecule has 0 saturated carbocycles. The summed E-state index contributed by atoms with van der Waals surface area (Å²) < 4.78 is 6.09. The summed E-state index contributed by atoms with van der Waals surface area (Å²) >= 11 is 6.30. The molecule has 1 aliphatic rings. The highest BCUT2D eigenvalue weighted by Gasteiger charge is 2.27. The van der Waals surface area contributed by atoms with Gasteiger partial charge in [-0.15, -0.1) is 11.6 Å². The van der Waals surface area contributed by atoms with Gasteiger partial charge in [-0.05, 0) is 25.7 Å². The Morgan fingerprint density at radius 1 is 0.938 bits per heavy atom. The first-order valence-electron chi connectivity index (χ1n) is 7.05. The molecule has 1 aliphatic heterocycles. The van der Waals surface area contributed by atoms with E-state index in [1.807, 2.05) is 0 Å². The molecule has 0 spiro atoms. The number of ether oxygens (including phenoxy) is 1. The minimum atomic E-state index is 0.349. The quantitative estimate of drug-likeness (QED) is 0.458. The van der Waals surface area contributed by atoms with Crippen LogP contribution < -0.4 is 0 Å². The van der Waals surface area contributed by atoms with E-state index in [2.05, 4.69) is 13.8 Å². The van der Waals surface area contributed by atoms with E-state index in [1.165, 1.54) is 44.9 Å². The summed E-state index contributed by atoms with van der Waals surface area (Å²) in [6, 6.07) is 0. The molecule has 0 aromatic heterocycles. The molecule has 96 valence electrons. The van der Waals surface area contributed by atoms with Crippen LogP contribution in [0.25, 0.3) is 0 Å². The van der Waals surface area contributed by atoms with Crippen molar-refractivity contribution in [3.05, 3.63) is 0 Å². The van der Waals surface area contributed by atoms with Crippen LogP contribution in [-0.2, 0) is 4.74 Å². The van der Waals surface area contributed by atoms with Gasteiger partial charge in [-0.2, -0.15) is 0 Å². The number of hydrogen-bond donors (Lipinski definition) is 0. The fourth-order valence-corrected chi connectivity index (χ4v) is 2.94. The van der Waals surface area contributed by atoms with Gasteiger partial charge in [0, 0.05) is 5.38 Å². The minimum absolute atomic E-state index is 0.349. The van der Waals surface area contributed by atoms with E-state index >= 15 is 0 Å². The second-order valence-electron chi connectivity index (χ2n) is 5.09. The van der Waals surface area contributed by atoms with Crippen LogP contribution in [0.5, 0.6) is 0 Å². The molecular formula is C14H27ClO. The van der Waals surface area contributed by atoms with Crippen LogP contribution >= 0.6 is 11.6 Å². The summed E-state index contributed by atoms with van der Waals surface area (Å²) in [5.41, 5.74) is 0. The SMILES string of the molecule is CCCCCC[C@@H]1CC(Cl)C[C@H](CCC)O1. The Hall–Kier alpha value is 0.250. The molecule has 0 aliphatic carbocycles. The fraction of sp³-hybridized carbons (Fsp3) is 1.00. The lowest BCUT2D eigenvalue weighted by Crippen LogP contribution is -2.33. The van der Waals surface area contributed by atoms with E-state index < -0.39 is 0 Å². The van der Waals surface area contributed by atoms with Gasteiger partial charge in [0.25, 0.3) is 0 Å². The maximum absolute atomic E-state index is 6.30. The average Bonchev–Trinajstić information content (AvgIpc) is 2.24. The van der Waals surface area contributed by atoms with Crippen LogP contribution in [0.2, 0.25) is 0 Å². The predicted molar refractivity (Wildman–Crippen MR) is 71.2 cm³/mol. The second-order valence-corrected chi connectivity index (χ2v) is 5.70. The second kappa shape index (κ2) is 8.36. The van der Waals surface area contributed by atoms with Crippen molar-refractivity contribution in [1.82, 2.24) is 0 Å². The van der Waals surface area contributed by atoms with Crippen molar-refractivity contribution in [3.8, 4) is 0 Å². The van der Waals surface area contributed by atoms with E-state index in [0.29, 0.717) is 17.6 Å². The molecule has 1 nitrogen and oxygen atoms in total. The van der Waals surface area contributed by atoms with E-state index in [1.54, 1.807) is 0 Å². The van der Waals surface area contributed by atoms with E-state index in [0.717, 1.165) is 12.8 Å². The molecule has 1 fully saturated rings. The summed E-state index contributed by atoms with van der Waals surface area (Å²) in [5.74, 6) is 0. The van der Waals surface area contributed by atoms with Gasteiger partial charge in [0.05, 0.1) is 12.2 Å². The monoisotopic (exact) mass is 246 g/mol. The zero-order chi connectivity index (χ0) is 11.8. The summed E-state index contributed by atoms with van der Waals surface area (Å²) in [5, 5.41) is 0.349. The van der Waals surface area contributed by atoms with Gasteiger partial charge in [0.1, 0.15) is 0 Å². The Morgan fingerprint density at radius 3 is 2.25 bits per heavy atom. The fourth-order valence-electron chi connectivity index (χ4n) is 2.54. The smallest absolute Gasteiger partial charge is 0.0593 e. The van der Waals surface area contributed by atoms with Gasteiger partial charge in [-0.3, -0.25) is 0 Å². The summed E-state index contributed by atoms with van der Waals surface area (Å²) in [7, 11) is 0. The molecule has 1 saturated heterocycles. The predicted octanol–water partition coefficient (Wildman–Crippen LogP) is 4.91. The average molecular weight is 247 g/mol. The lowest BCUT2D eigenvalue weighted by molar-refractivity contribution is -0.0554. The Kier molecular flexibility index (Phi) is 7.47. The van der Waals surface area contributed by atoms with Crippen molar-refractivity contribution in [2.75, 3.05) is 0 Å². The van der Waals surface area contributed by atoms with Crippen LogP contribution in [0.4, 0.5) is 0 Å². The topological polar surface area (TPSA) is 9.23 Å². The molecule has 0 amide bonds. The van der Waals surface area contributed by atoms with Crippen LogP contribution in [0.1, 0.15) is 71.6 Å². The number of unbranched alkanes of at least 4 members (excludes halogenated alkanes) is 3. The van der Waals surface area contributed by atoms with Crippen LogP contribution in [0.15, 0.2) is 0 Å². The third-order valence-corrected chi connectivity index (χ3v) is 3.77. The van der Waals surface area contributed by atoms with E-state index in [4.69, 9.17) is 16.3 Å². The zero-order valence-electron chi connectivity index (χ0n) is 10.9. The molecule has 0 radical (unpaired) electrons. The van der Waals surface area contributed by atoms with Crippen molar-refractivity contribution < 1.29 is 4.74 Å². The van der Waals surface area contributed by atoms with Crippen molar-refractivity contribution in [2.24, 2.45) is 0 Å². The van der Waals surface area contributed by atoms with Gasteiger partial charge >= 0.3 is 0 Å². The van der Waals surface area contributed by atoms with Crippen LogP contribution in [0, 0.1) is 0 Å². The Bertz CT molecular complexity index is 172. The highest BCUT2D eigenvalue weighted by atomic mass is 35.5. The molecule has 1 unspecified atom stereocenters. The highest BCUT2D eigenvalue weighted by molar-refractivity contribution is 6.20. The van der Waals surface area contributed by atoms with Crippen molar-refractivity contribution in [3.63, 3.8) is 0 Å². The molecule has 2 heteroatoms. The Balaban J connectivity index is 2.19. The third-order valence-electron chi connectivity index (χ3n) is 3.41. The maximum Gasteiger partial charge on any atom is 0.0593 e. The van der Waals surface area contributed by atoms with Gasteiger partial charge in [-0.25, -0.2) is 0 Å². The molecule has 16 heavy (non-hydrogen) atoms. The first-order chi connectivity index (χ1) is 7.76. The molecule has 0 aromatic carbocycles. The summed E-state index contributed by atoms with van der Waals surface area (Å²) in [4.78, 5) is 0. The van der Waals surface area contributed by atoms with Gasteiger partial charge < -0.3 is 4.74 Å². The molecule has 0 aromatic rings. The van der Waals surface area contributed by atoms with E-state index in [9.17, 15) is 0 Å². The van der Waals surface area contributed by atoms with Gasteiger partial charge in [-0.1, -0.05) is 46.0 Å². The van der Waals surface area contributed by atoms with Crippen molar-refractivity contribution in [2.45, 2.75) is 89.2 Å². The minimum Gasteiger partial charge on any atom is -0.375 e. The van der Waals surface area contributed by atoms with Crippen molar-refractivity contribution >= 4 is 11.6 Å². The molecule has 0 N–H and O–H groups in total. The number of rotatable bonds is 7. The largest absolute Gasteiger partial charge is 0.375 e. The number of halogens is 1. The first kappa shape index (κ1) is 14.3. The lowest BCUT2D eigenvalue weighted by Gasteiger charge is -2.33. The zero-order valence-corrected chi connectivity index (χ0v) is 11.6. The Labute approximate surface area is 106 Å². The molecule has 3 atom stereocenters. The van der Waals surface area contributed by atoms with Gasteiger partial charge in [0.2, 0.25) is 0 Å². The number of alkyl halides is 1. The summed E-state index contributed by atoms with van der Waals surface area (Å²) in [6.45, 7) is 4.47. The maximum atomic E-state index is 6.30. The standard InChI is InChI=1S/C14H27ClO/c1-3-5-6-7-9-14-11-12(15)10-13(16-14)8-4-2/h12-14H,3-11H2,1-2H3/t12?,13-,14+/m0/s1. The number of hydrogen-bond acceptors (Lipinski definition) is 1. The Morgan fingerprint density at radius 2 is 1.62 bits per heavy atom. The highest BCUT2D eigenvalue weighted by Crippen LogP contribution is 2.28. The normalized spacial score (nSPS) is 30.6. The molecule has 0 bridgehead atoms. The molecule has 1 heterocycles. The molecular weight excluding hydrogens is 220 g/mol. The summed E-state index contributed by atoms with van der Waals surface area (Å²) in [6.07, 6.45) is 11.9.